The van der Waals surface area contributed by atoms with E-state index >= 15 is 0 Å². The average Bonchev–Trinajstić information content (AvgIpc) is 2.61. The van der Waals surface area contributed by atoms with Gasteiger partial charge in [-0.3, -0.25) is 5.41 Å². The molecule has 25 heavy (non-hydrogen) atoms. The van der Waals surface area contributed by atoms with Crippen LogP contribution >= 0.6 is 0 Å². The number of hydrogen-bond acceptors (Lipinski definition) is 7. The van der Waals surface area contributed by atoms with Gasteiger partial charge >= 0.3 is 0 Å². The summed E-state index contributed by atoms with van der Waals surface area (Å²) in [5.41, 5.74) is 7.53. The molecule has 0 unspecified atom stereocenters. The van der Waals surface area contributed by atoms with Crippen LogP contribution in [0.1, 0.15) is 11.1 Å². The van der Waals surface area contributed by atoms with Gasteiger partial charge in [0.25, 0.3) is 0 Å². The summed E-state index contributed by atoms with van der Waals surface area (Å²) in [6.07, 6.45) is 2.78. The van der Waals surface area contributed by atoms with Gasteiger partial charge in [0.05, 0.1) is 23.8 Å². The van der Waals surface area contributed by atoms with Crippen LogP contribution in [-0.2, 0) is 14.6 Å². The minimum Gasteiger partial charge on any atom is -0.398 e. The molecule has 0 bridgehead atoms. The number of benzene rings is 1. The first-order valence-corrected chi connectivity index (χ1v) is 9.73. The van der Waals surface area contributed by atoms with E-state index in [0.29, 0.717) is 30.0 Å². The second-order valence-corrected chi connectivity index (χ2v) is 7.91. The van der Waals surface area contributed by atoms with E-state index < -0.39 is 9.84 Å². The molecule has 2 heterocycles. The Bertz CT molecular complexity index is 906. The number of anilines is 2. The normalized spacial score (nSPS) is 15.2. The van der Waals surface area contributed by atoms with Gasteiger partial charge in [-0.05, 0) is 30.3 Å². The Labute approximate surface area is 146 Å². The molecule has 0 radical (unpaired) electrons. The topological polar surface area (TPSA) is 109 Å². The molecule has 2 aromatic rings. The number of pyridine rings is 1. The van der Waals surface area contributed by atoms with E-state index in [0.717, 1.165) is 25.2 Å². The highest BCUT2D eigenvalue weighted by molar-refractivity contribution is 7.90. The van der Waals surface area contributed by atoms with Crippen molar-refractivity contribution in [1.29, 1.82) is 5.41 Å². The van der Waals surface area contributed by atoms with Crippen LogP contribution in [-0.4, -0.2) is 51.7 Å². The number of nitrogens with one attached hydrogen (secondary N) is 1. The summed E-state index contributed by atoms with van der Waals surface area (Å²) in [5, 5.41) is 8.48. The molecule has 1 saturated heterocycles. The van der Waals surface area contributed by atoms with Crippen LogP contribution < -0.4 is 10.6 Å². The predicted molar refractivity (Wildman–Crippen MR) is 97.2 cm³/mol. The summed E-state index contributed by atoms with van der Waals surface area (Å²) in [5.74, 6) is 0.767. The van der Waals surface area contributed by atoms with Crippen LogP contribution in [0, 0.1) is 5.41 Å². The molecular formula is C17H20N4O3S. The monoisotopic (exact) mass is 360 g/mol. The largest absolute Gasteiger partial charge is 0.398 e. The highest BCUT2D eigenvalue weighted by atomic mass is 32.2. The van der Waals surface area contributed by atoms with E-state index in [4.69, 9.17) is 15.9 Å². The zero-order chi connectivity index (χ0) is 18.0. The smallest absolute Gasteiger partial charge is 0.175 e. The highest BCUT2D eigenvalue weighted by Gasteiger charge is 2.17. The minimum atomic E-state index is -3.37. The predicted octanol–water partition coefficient (Wildman–Crippen LogP) is 1.32. The number of morpholine rings is 1. The fraction of sp³-hybridized carbons (Fsp3) is 0.294. The summed E-state index contributed by atoms with van der Waals surface area (Å²) in [7, 11) is -3.37. The average molecular weight is 360 g/mol. The molecule has 0 aliphatic carbocycles. The van der Waals surface area contributed by atoms with Crippen LogP contribution in [0.25, 0.3) is 0 Å². The van der Waals surface area contributed by atoms with Crippen molar-refractivity contribution >= 4 is 27.1 Å². The number of rotatable bonds is 4. The van der Waals surface area contributed by atoms with Crippen molar-refractivity contribution in [2.45, 2.75) is 4.90 Å². The molecule has 1 aromatic carbocycles. The molecular weight excluding hydrogens is 340 g/mol. The van der Waals surface area contributed by atoms with E-state index in [9.17, 15) is 8.42 Å². The first-order valence-electron chi connectivity index (χ1n) is 7.84. The molecule has 1 aromatic heterocycles. The van der Waals surface area contributed by atoms with E-state index in [2.05, 4.69) is 9.88 Å². The third-order valence-corrected chi connectivity index (χ3v) is 5.20. The van der Waals surface area contributed by atoms with E-state index in [1.165, 1.54) is 18.2 Å². The van der Waals surface area contributed by atoms with Crippen molar-refractivity contribution in [3.05, 3.63) is 47.7 Å². The van der Waals surface area contributed by atoms with Gasteiger partial charge in [-0.2, -0.15) is 0 Å². The second kappa shape index (κ2) is 6.81. The fourth-order valence-corrected chi connectivity index (χ4v) is 3.32. The molecule has 0 saturated carbocycles. The Morgan fingerprint density at radius 3 is 2.64 bits per heavy atom. The van der Waals surface area contributed by atoms with Crippen LogP contribution in [0.5, 0.6) is 0 Å². The number of hydrogen-bond donors (Lipinski definition) is 2. The van der Waals surface area contributed by atoms with Gasteiger partial charge in [0.1, 0.15) is 5.82 Å². The van der Waals surface area contributed by atoms with Crippen molar-refractivity contribution in [3.8, 4) is 0 Å². The van der Waals surface area contributed by atoms with Gasteiger partial charge in [0.15, 0.2) is 9.84 Å². The molecule has 1 aliphatic heterocycles. The molecule has 0 amide bonds. The van der Waals surface area contributed by atoms with Crippen molar-refractivity contribution in [2.75, 3.05) is 43.2 Å². The summed E-state index contributed by atoms with van der Waals surface area (Å²) in [6, 6.07) is 7.96. The quantitative estimate of drug-likeness (QED) is 0.629. The van der Waals surface area contributed by atoms with Crippen LogP contribution in [0.2, 0.25) is 0 Å². The molecule has 0 atom stereocenters. The SMILES string of the molecule is CS(=O)(=O)c1ccc(N)c(C(=N)c2ccnc(N3CCOCC3)c2)c1. The van der Waals surface area contributed by atoms with E-state index in [-0.39, 0.29) is 10.6 Å². The van der Waals surface area contributed by atoms with Gasteiger partial charge in [-0.25, -0.2) is 13.4 Å². The number of nitrogens with zero attached hydrogens (tertiary/aromatic N) is 2. The highest BCUT2D eigenvalue weighted by Crippen LogP contribution is 2.23. The molecule has 7 nitrogen and oxygen atoms in total. The maximum atomic E-state index is 11.8. The zero-order valence-corrected chi connectivity index (χ0v) is 14.7. The Hall–Kier alpha value is -2.45. The summed E-state index contributed by atoms with van der Waals surface area (Å²) >= 11 is 0. The number of aromatic nitrogens is 1. The van der Waals surface area contributed by atoms with Crippen LogP contribution in [0.4, 0.5) is 11.5 Å². The lowest BCUT2D eigenvalue weighted by Crippen LogP contribution is -2.36. The Kier molecular flexibility index (Phi) is 4.73. The Balaban J connectivity index is 1.96. The third kappa shape index (κ3) is 3.80. The molecule has 132 valence electrons. The molecule has 3 N–H and O–H groups in total. The minimum absolute atomic E-state index is 0.143. The Morgan fingerprint density at radius 2 is 1.96 bits per heavy atom. The number of nitrogen functional groups attached to an aromatic ring is 1. The van der Waals surface area contributed by atoms with Gasteiger partial charge < -0.3 is 15.4 Å². The van der Waals surface area contributed by atoms with Crippen LogP contribution in [0.3, 0.4) is 0 Å². The third-order valence-electron chi connectivity index (χ3n) is 4.09. The molecule has 1 fully saturated rings. The fourth-order valence-electron chi connectivity index (χ4n) is 2.68. The molecule has 1 aliphatic rings. The summed E-state index contributed by atoms with van der Waals surface area (Å²) in [6.45, 7) is 2.78. The van der Waals surface area contributed by atoms with Gasteiger partial charge in [0.2, 0.25) is 0 Å². The lowest BCUT2D eigenvalue weighted by Gasteiger charge is -2.28. The van der Waals surface area contributed by atoms with Crippen molar-refractivity contribution < 1.29 is 13.2 Å². The summed E-state index contributed by atoms with van der Waals surface area (Å²) in [4.78, 5) is 6.60. The van der Waals surface area contributed by atoms with E-state index in [1.54, 1.807) is 12.3 Å². The van der Waals surface area contributed by atoms with Crippen molar-refractivity contribution in [2.24, 2.45) is 0 Å². The Morgan fingerprint density at radius 1 is 1.24 bits per heavy atom. The lowest BCUT2D eigenvalue weighted by atomic mass is 10.0. The van der Waals surface area contributed by atoms with Crippen LogP contribution in [0.15, 0.2) is 41.4 Å². The standard InChI is InChI=1S/C17H20N4O3S/c1-25(22,23)13-2-3-15(18)14(11-13)17(19)12-4-5-20-16(10-12)21-6-8-24-9-7-21/h2-5,10-11,19H,6-9,18H2,1H3. The van der Waals surface area contributed by atoms with E-state index in [1.807, 2.05) is 6.07 Å². The molecule has 8 heteroatoms. The second-order valence-electron chi connectivity index (χ2n) is 5.90. The number of nitrogens with two attached hydrogens (primary N) is 1. The first-order chi connectivity index (χ1) is 11.9. The molecule has 0 spiro atoms. The lowest BCUT2D eigenvalue weighted by molar-refractivity contribution is 0.122. The van der Waals surface area contributed by atoms with Crippen molar-refractivity contribution in [1.82, 2.24) is 4.98 Å². The van der Waals surface area contributed by atoms with Gasteiger partial charge in [0, 0.05) is 42.4 Å². The maximum absolute atomic E-state index is 11.8. The summed E-state index contributed by atoms with van der Waals surface area (Å²) < 4.78 is 28.9. The van der Waals surface area contributed by atoms with Crippen molar-refractivity contribution in [3.63, 3.8) is 0 Å². The number of ether oxygens (including phenoxy) is 1. The number of sulfone groups is 1. The van der Waals surface area contributed by atoms with Gasteiger partial charge in [-0.15, -0.1) is 0 Å². The maximum Gasteiger partial charge on any atom is 0.175 e. The van der Waals surface area contributed by atoms with Gasteiger partial charge in [-0.1, -0.05) is 0 Å². The first kappa shape index (κ1) is 17.4. The molecule has 3 rings (SSSR count). The zero-order valence-electron chi connectivity index (χ0n) is 13.9.